The molecule has 2 bridgehead atoms. The molecule has 1 aromatic heterocycles. The van der Waals surface area contributed by atoms with Crippen molar-refractivity contribution in [3.05, 3.63) is 15.4 Å². The number of sulfonamides is 1. The summed E-state index contributed by atoms with van der Waals surface area (Å²) in [7, 11) is -3.33. The highest BCUT2D eigenvalue weighted by molar-refractivity contribution is 9.11. The predicted molar refractivity (Wildman–Crippen MR) is 80.9 cm³/mol. The van der Waals surface area contributed by atoms with Crippen molar-refractivity contribution >= 4 is 37.3 Å². The topological polar surface area (TPSA) is 46.2 Å². The van der Waals surface area contributed by atoms with Crippen LogP contribution in [0.4, 0.5) is 0 Å². The van der Waals surface area contributed by atoms with E-state index >= 15 is 0 Å². The Morgan fingerprint density at radius 3 is 2.74 bits per heavy atom. The van der Waals surface area contributed by atoms with E-state index < -0.39 is 10.0 Å². The van der Waals surface area contributed by atoms with Gasteiger partial charge in [-0.25, -0.2) is 13.1 Å². The van der Waals surface area contributed by atoms with Crippen LogP contribution in [0.5, 0.6) is 0 Å². The lowest BCUT2D eigenvalue weighted by Gasteiger charge is -2.21. The Balaban J connectivity index is 1.65. The first-order valence-electron chi connectivity index (χ1n) is 6.71. The summed E-state index contributed by atoms with van der Waals surface area (Å²) in [6.07, 6.45) is 5.17. The number of thiophene rings is 1. The van der Waals surface area contributed by atoms with Crippen LogP contribution in [0.3, 0.4) is 0 Å². The quantitative estimate of drug-likeness (QED) is 0.888. The molecule has 2 fully saturated rings. The zero-order chi connectivity index (χ0) is 13.6. The molecule has 3 unspecified atom stereocenters. The van der Waals surface area contributed by atoms with Crippen LogP contribution >= 0.6 is 27.3 Å². The average Bonchev–Trinajstić information content (AvgIpc) is 3.04. The molecule has 3 atom stereocenters. The van der Waals surface area contributed by atoms with Crippen molar-refractivity contribution < 1.29 is 8.42 Å². The third-order valence-corrected chi connectivity index (χ3v) is 8.55. The van der Waals surface area contributed by atoms with Gasteiger partial charge in [-0.2, -0.15) is 0 Å². The lowest BCUT2D eigenvalue weighted by molar-refractivity contribution is 0.333. The molecule has 3 rings (SSSR count). The van der Waals surface area contributed by atoms with Crippen molar-refractivity contribution in [2.75, 3.05) is 6.54 Å². The minimum absolute atomic E-state index is 0.417. The largest absolute Gasteiger partial charge is 0.250 e. The van der Waals surface area contributed by atoms with Crippen molar-refractivity contribution in [1.82, 2.24) is 4.72 Å². The molecule has 0 saturated heterocycles. The maximum atomic E-state index is 12.2. The standard InChI is InChI=1S/C13H18BrNO2S2/c1-8-4-12(18-13(8)14)19(16,17)15-7-11-6-9-2-3-10(11)5-9/h4,9-11,15H,2-3,5-7H2,1H3. The molecular formula is C13H18BrNO2S2. The van der Waals surface area contributed by atoms with Crippen LogP contribution in [-0.4, -0.2) is 15.0 Å². The molecule has 3 nitrogen and oxygen atoms in total. The smallest absolute Gasteiger partial charge is 0.210 e. The number of halogens is 1. The highest BCUT2D eigenvalue weighted by Gasteiger charge is 2.39. The van der Waals surface area contributed by atoms with Gasteiger partial charge in [0.2, 0.25) is 10.0 Å². The Kier molecular flexibility index (Phi) is 3.79. The van der Waals surface area contributed by atoms with Crippen LogP contribution < -0.4 is 4.72 Å². The Morgan fingerprint density at radius 1 is 1.42 bits per heavy atom. The Bertz CT molecular complexity index is 562. The normalized spacial score (nSPS) is 30.1. The second kappa shape index (κ2) is 5.13. The van der Waals surface area contributed by atoms with E-state index in [2.05, 4.69) is 20.7 Å². The monoisotopic (exact) mass is 363 g/mol. The zero-order valence-electron chi connectivity index (χ0n) is 10.9. The van der Waals surface area contributed by atoms with Crippen molar-refractivity contribution in [2.24, 2.45) is 17.8 Å². The maximum absolute atomic E-state index is 12.2. The molecule has 2 aliphatic rings. The number of fused-ring (bicyclic) bond motifs is 2. The van der Waals surface area contributed by atoms with Gasteiger partial charge in [0.1, 0.15) is 4.21 Å². The second-order valence-corrected chi connectivity index (χ2v) is 10.2. The molecule has 0 radical (unpaired) electrons. The van der Waals surface area contributed by atoms with Crippen molar-refractivity contribution in [1.29, 1.82) is 0 Å². The molecule has 1 aromatic rings. The van der Waals surface area contributed by atoms with Crippen LogP contribution in [0.15, 0.2) is 14.1 Å². The molecule has 6 heteroatoms. The fraction of sp³-hybridized carbons (Fsp3) is 0.692. The van der Waals surface area contributed by atoms with Gasteiger partial charge in [-0.1, -0.05) is 6.42 Å². The summed E-state index contributed by atoms with van der Waals surface area (Å²) in [5.41, 5.74) is 0.977. The van der Waals surface area contributed by atoms with Crippen molar-refractivity contribution in [3.8, 4) is 0 Å². The molecule has 0 aromatic carbocycles. The summed E-state index contributed by atoms with van der Waals surface area (Å²) < 4.78 is 28.6. The highest BCUT2D eigenvalue weighted by Crippen LogP contribution is 2.48. The lowest BCUT2D eigenvalue weighted by Crippen LogP contribution is -2.31. The van der Waals surface area contributed by atoms with Gasteiger partial charge >= 0.3 is 0 Å². The molecule has 1 heterocycles. The molecule has 2 aliphatic carbocycles. The molecule has 0 aliphatic heterocycles. The summed E-state index contributed by atoms with van der Waals surface area (Å²) in [6.45, 7) is 2.52. The van der Waals surface area contributed by atoms with Crippen LogP contribution in [0, 0.1) is 24.7 Å². The van der Waals surface area contributed by atoms with Gasteiger partial charge in [-0.3, -0.25) is 0 Å². The van der Waals surface area contributed by atoms with Gasteiger partial charge < -0.3 is 0 Å². The van der Waals surface area contributed by atoms with Gasteiger partial charge in [0.25, 0.3) is 0 Å². The zero-order valence-corrected chi connectivity index (χ0v) is 14.1. The van der Waals surface area contributed by atoms with E-state index in [9.17, 15) is 8.42 Å². The van der Waals surface area contributed by atoms with Gasteiger partial charge in [0.05, 0.1) is 3.79 Å². The maximum Gasteiger partial charge on any atom is 0.250 e. The van der Waals surface area contributed by atoms with Crippen LogP contribution in [0.2, 0.25) is 0 Å². The molecule has 0 amide bonds. The van der Waals surface area contributed by atoms with Crippen LogP contribution in [0.1, 0.15) is 31.2 Å². The molecule has 19 heavy (non-hydrogen) atoms. The summed E-state index contributed by atoms with van der Waals surface area (Å²) in [6, 6.07) is 1.73. The van der Waals surface area contributed by atoms with Gasteiger partial charge in [0.15, 0.2) is 0 Å². The van der Waals surface area contributed by atoms with Gasteiger partial charge in [0, 0.05) is 6.54 Å². The highest BCUT2D eigenvalue weighted by atomic mass is 79.9. The number of hydrogen-bond acceptors (Lipinski definition) is 3. The summed E-state index contributed by atoms with van der Waals surface area (Å²) >= 11 is 4.66. The molecule has 2 saturated carbocycles. The Morgan fingerprint density at radius 2 is 2.21 bits per heavy atom. The van der Waals surface area contributed by atoms with Crippen LogP contribution in [0.25, 0.3) is 0 Å². The summed E-state index contributed by atoms with van der Waals surface area (Å²) in [5, 5.41) is 0. The SMILES string of the molecule is Cc1cc(S(=O)(=O)NCC2CC3CCC2C3)sc1Br. The number of aryl methyl sites for hydroxylation is 1. The summed E-state index contributed by atoms with van der Waals surface area (Å²) in [4.78, 5) is 0. The molecule has 1 N–H and O–H groups in total. The van der Waals surface area contributed by atoms with Gasteiger partial charge in [-0.15, -0.1) is 11.3 Å². The van der Waals surface area contributed by atoms with Crippen molar-refractivity contribution in [2.45, 2.75) is 36.8 Å². The molecular weight excluding hydrogens is 346 g/mol. The van der Waals surface area contributed by atoms with E-state index in [-0.39, 0.29) is 0 Å². The fourth-order valence-corrected chi connectivity index (χ4v) is 6.84. The van der Waals surface area contributed by atoms with E-state index in [4.69, 9.17) is 0 Å². The lowest BCUT2D eigenvalue weighted by atomic mass is 9.89. The Hall–Kier alpha value is 0.0900. The van der Waals surface area contributed by atoms with E-state index in [1.807, 2.05) is 6.92 Å². The third kappa shape index (κ3) is 2.77. The summed E-state index contributed by atoms with van der Waals surface area (Å²) in [5.74, 6) is 2.17. The number of hydrogen-bond donors (Lipinski definition) is 1. The van der Waals surface area contributed by atoms with Gasteiger partial charge in [-0.05, 0) is 71.5 Å². The first-order valence-corrected chi connectivity index (χ1v) is 9.80. The molecule has 106 valence electrons. The van der Waals surface area contributed by atoms with E-state index in [1.54, 1.807) is 6.07 Å². The average molecular weight is 364 g/mol. The van der Waals surface area contributed by atoms with Crippen LogP contribution in [-0.2, 0) is 10.0 Å². The Labute approximate surface area is 127 Å². The van der Waals surface area contributed by atoms with Crippen molar-refractivity contribution in [3.63, 3.8) is 0 Å². The van der Waals surface area contributed by atoms with E-state index in [1.165, 1.54) is 37.0 Å². The number of rotatable bonds is 4. The molecule has 0 spiro atoms. The second-order valence-electron chi connectivity index (χ2n) is 5.81. The minimum atomic E-state index is -3.33. The first kappa shape index (κ1) is 14.0. The third-order valence-electron chi connectivity index (χ3n) is 4.52. The predicted octanol–water partition coefficient (Wildman–Crippen LogP) is 3.53. The minimum Gasteiger partial charge on any atom is -0.210 e. The number of nitrogens with one attached hydrogen (secondary N) is 1. The fourth-order valence-electron chi connectivity index (χ4n) is 3.48. The van der Waals surface area contributed by atoms with E-state index in [0.29, 0.717) is 16.7 Å². The first-order chi connectivity index (χ1) is 8.95. The van der Waals surface area contributed by atoms with E-state index in [0.717, 1.165) is 21.2 Å².